The van der Waals surface area contributed by atoms with Gasteiger partial charge in [-0.15, -0.1) is 0 Å². The predicted octanol–water partition coefficient (Wildman–Crippen LogP) is 28.5. The van der Waals surface area contributed by atoms with Crippen molar-refractivity contribution in [1.29, 1.82) is 0 Å². The second-order valence-corrected chi connectivity index (χ2v) is 29.1. The fourth-order valence-corrected chi connectivity index (χ4v) is 17.8. The molecule has 6 heterocycles. The van der Waals surface area contributed by atoms with Gasteiger partial charge in [-0.1, -0.05) is 243 Å². The van der Waals surface area contributed by atoms with Crippen molar-refractivity contribution in [3.05, 3.63) is 388 Å². The third-order valence-corrected chi connectivity index (χ3v) is 22.9. The Morgan fingerprint density at radius 3 is 0.927 bits per heavy atom. The van der Waals surface area contributed by atoms with Crippen molar-refractivity contribution in [3.63, 3.8) is 0 Å². The largest absolute Gasteiger partial charge is 0.456 e. The van der Waals surface area contributed by atoms with E-state index in [9.17, 15) is 0 Å². The molecule has 0 saturated heterocycles. The zero-order valence-corrected chi connectivity index (χ0v) is 59.6. The molecule has 110 heavy (non-hydrogen) atoms. The van der Waals surface area contributed by atoms with Crippen LogP contribution in [0.15, 0.2) is 397 Å². The number of benzene rings is 18. The van der Waals surface area contributed by atoms with Crippen LogP contribution < -0.4 is 0 Å². The molecular formula is C104H64N4O2. The van der Waals surface area contributed by atoms with Crippen LogP contribution in [0.4, 0.5) is 0 Å². The van der Waals surface area contributed by atoms with Gasteiger partial charge in [-0.2, -0.15) is 0 Å². The first kappa shape index (κ1) is 61.6. The van der Waals surface area contributed by atoms with Crippen molar-refractivity contribution >= 4 is 153 Å². The molecule has 512 valence electrons. The van der Waals surface area contributed by atoms with Gasteiger partial charge in [-0.3, -0.25) is 0 Å². The molecule has 6 heteroatoms. The number of hydrogen-bond acceptors (Lipinski definition) is 2. The number of fused-ring (bicyclic) bond motifs is 20. The third kappa shape index (κ3) is 9.76. The van der Waals surface area contributed by atoms with E-state index >= 15 is 0 Å². The Balaban J connectivity index is 0.000000132. The smallest absolute Gasteiger partial charge is 0.137 e. The van der Waals surface area contributed by atoms with Crippen molar-refractivity contribution in [2.45, 2.75) is 0 Å². The Morgan fingerprint density at radius 2 is 0.455 bits per heavy atom. The molecule has 0 saturated carbocycles. The second kappa shape index (κ2) is 24.4. The summed E-state index contributed by atoms with van der Waals surface area (Å²) in [7, 11) is 0. The maximum atomic E-state index is 6.46. The van der Waals surface area contributed by atoms with Crippen LogP contribution in [0.25, 0.3) is 220 Å². The van der Waals surface area contributed by atoms with Crippen LogP contribution >= 0.6 is 0 Å². The van der Waals surface area contributed by atoms with E-state index in [4.69, 9.17) is 8.83 Å². The Hall–Kier alpha value is -14.7. The fraction of sp³-hybridized carbons (Fsp3) is 0. The van der Waals surface area contributed by atoms with Gasteiger partial charge in [-0.25, -0.2) is 0 Å². The molecule has 0 amide bonds. The fourth-order valence-electron chi connectivity index (χ4n) is 17.8. The zero-order chi connectivity index (χ0) is 72.1. The van der Waals surface area contributed by atoms with Gasteiger partial charge in [0.2, 0.25) is 0 Å². The van der Waals surface area contributed by atoms with Gasteiger partial charge in [0, 0.05) is 93.5 Å². The molecule has 0 spiro atoms. The Bertz CT molecular complexity index is 7900. The number of nitrogens with zero attached hydrogens (tertiary/aromatic N) is 4. The van der Waals surface area contributed by atoms with Gasteiger partial charge < -0.3 is 27.1 Å². The highest BCUT2D eigenvalue weighted by Crippen LogP contribution is 2.45. The molecule has 0 fully saturated rings. The minimum Gasteiger partial charge on any atom is -0.456 e. The molecule has 6 aromatic heterocycles. The molecule has 0 N–H and O–H groups in total. The molecule has 0 aliphatic heterocycles. The number of para-hydroxylation sites is 4. The first-order valence-electron chi connectivity index (χ1n) is 37.7. The normalized spacial score (nSPS) is 12.0. The second-order valence-electron chi connectivity index (χ2n) is 29.1. The van der Waals surface area contributed by atoms with E-state index in [1.165, 1.54) is 143 Å². The lowest BCUT2D eigenvalue weighted by atomic mass is 10.00. The summed E-state index contributed by atoms with van der Waals surface area (Å²) in [5.41, 5.74) is 27.1. The summed E-state index contributed by atoms with van der Waals surface area (Å²) in [5.74, 6) is 0. The third-order valence-electron chi connectivity index (χ3n) is 22.9. The van der Waals surface area contributed by atoms with Gasteiger partial charge >= 0.3 is 0 Å². The molecule has 18 aromatic carbocycles. The lowest BCUT2D eigenvalue weighted by molar-refractivity contribution is 0.669. The lowest BCUT2D eigenvalue weighted by Crippen LogP contribution is -1.94. The SMILES string of the molecule is c1ccc(-c2cccc(-n3c4ccc(-c5ccc6c(c5)c5ccccc5n6-c5ccc6ccccc6c5)cc4c4cc5c(cc43)oc3ccccc35)c2)cc1.c1ccc(-c2cccc(-n3c4ccc(-c5ccc6c(c5)c5ccccc5n6-c5ccc6ccccc6c5)cc4c4cc5oc6ccccc6c5cc43)c2)cc1. The van der Waals surface area contributed by atoms with Crippen LogP contribution in [0, 0.1) is 0 Å². The summed E-state index contributed by atoms with van der Waals surface area (Å²) < 4.78 is 22.5. The highest BCUT2D eigenvalue weighted by atomic mass is 16.3. The van der Waals surface area contributed by atoms with Crippen molar-refractivity contribution in [3.8, 4) is 67.3 Å². The van der Waals surface area contributed by atoms with Crippen LogP contribution in [-0.4, -0.2) is 18.3 Å². The summed E-state index contributed by atoms with van der Waals surface area (Å²) in [6.07, 6.45) is 0. The van der Waals surface area contributed by atoms with E-state index in [-0.39, 0.29) is 0 Å². The molecule has 0 aliphatic carbocycles. The Kier molecular flexibility index (Phi) is 13.7. The van der Waals surface area contributed by atoms with Crippen LogP contribution in [-0.2, 0) is 0 Å². The standard InChI is InChI=1S/2C52H32N2O/c1-2-11-33(12-3-1)36-15-10-16-39(27-36)54-49-26-23-38(30-44(49)45-32-52-46(31-50(45)54)42-18-7-9-20-51(42)55-52)37-22-25-48-43(29-37)41-17-6-8-19-47(41)53(48)40-24-21-34-13-4-5-14-35(34)28-40;1-2-11-33(12-3-1)36-15-10-16-39(27-36)54-49-26-23-38(30-44(49)45-31-46-42-18-7-9-20-51(42)55-52(46)32-50(45)54)37-22-25-48-43(29-37)41-17-6-8-19-47(41)53(48)40-24-21-34-13-4-5-14-35(34)28-40/h2*1-32H. The predicted molar refractivity (Wildman–Crippen MR) is 462 cm³/mol. The van der Waals surface area contributed by atoms with E-state index in [1.54, 1.807) is 0 Å². The average molecular weight is 1400 g/mol. The van der Waals surface area contributed by atoms with Crippen LogP contribution in [0.5, 0.6) is 0 Å². The molecule has 24 aromatic rings. The van der Waals surface area contributed by atoms with E-state index in [2.05, 4.69) is 394 Å². The van der Waals surface area contributed by atoms with Crippen molar-refractivity contribution < 1.29 is 8.83 Å². The summed E-state index contributed by atoms with van der Waals surface area (Å²) in [4.78, 5) is 0. The number of hydrogen-bond donors (Lipinski definition) is 0. The van der Waals surface area contributed by atoms with E-state index in [0.29, 0.717) is 0 Å². The summed E-state index contributed by atoms with van der Waals surface area (Å²) >= 11 is 0. The lowest BCUT2D eigenvalue weighted by Gasteiger charge is -2.11. The van der Waals surface area contributed by atoms with Crippen molar-refractivity contribution in [1.82, 2.24) is 18.3 Å². The first-order chi connectivity index (χ1) is 54.5. The molecular weight excluding hydrogens is 1340 g/mol. The van der Waals surface area contributed by atoms with Crippen molar-refractivity contribution in [2.75, 3.05) is 0 Å². The monoisotopic (exact) mass is 1400 g/mol. The average Bonchev–Trinajstić information content (AvgIpc) is 1.57. The van der Waals surface area contributed by atoms with Gasteiger partial charge in [0.05, 0.1) is 44.1 Å². The summed E-state index contributed by atoms with van der Waals surface area (Å²) in [5, 5.41) is 19.2. The van der Waals surface area contributed by atoms with Crippen LogP contribution in [0.3, 0.4) is 0 Å². The molecule has 0 atom stereocenters. The Labute approximate surface area is 631 Å². The summed E-state index contributed by atoms with van der Waals surface area (Å²) in [6, 6.07) is 141. The highest BCUT2D eigenvalue weighted by molar-refractivity contribution is 6.21. The van der Waals surface area contributed by atoms with Crippen LogP contribution in [0.1, 0.15) is 0 Å². The van der Waals surface area contributed by atoms with Gasteiger partial charge in [-0.05, 0) is 206 Å². The summed E-state index contributed by atoms with van der Waals surface area (Å²) in [6.45, 7) is 0. The molecule has 6 nitrogen and oxygen atoms in total. The molecule has 0 radical (unpaired) electrons. The molecule has 24 rings (SSSR count). The van der Waals surface area contributed by atoms with Gasteiger partial charge in [0.1, 0.15) is 22.3 Å². The number of rotatable bonds is 8. The molecule has 0 aliphatic rings. The zero-order valence-electron chi connectivity index (χ0n) is 59.6. The van der Waals surface area contributed by atoms with E-state index < -0.39 is 0 Å². The van der Waals surface area contributed by atoms with Crippen LogP contribution in [0.2, 0.25) is 0 Å². The minimum absolute atomic E-state index is 0.894. The maximum absolute atomic E-state index is 6.46. The Morgan fingerprint density at radius 1 is 0.136 bits per heavy atom. The van der Waals surface area contributed by atoms with Gasteiger partial charge in [0.25, 0.3) is 0 Å². The highest BCUT2D eigenvalue weighted by Gasteiger charge is 2.23. The number of furan rings is 2. The maximum Gasteiger partial charge on any atom is 0.137 e. The molecule has 0 bridgehead atoms. The van der Waals surface area contributed by atoms with Crippen molar-refractivity contribution in [2.24, 2.45) is 0 Å². The first-order valence-corrected chi connectivity index (χ1v) is 37.7. The van der Waals surface area contributed by atoms with E-state index in [0.717, 1.165) is 77.3 Å². The van der Waals surface area contributed by atoms with E-state index in [1.807, 2.05) is 12.1 Å². The van der Waals surface area contributed by atoms with Gasteiger partial charge in [0.15, 0.2) is 0 Å². The topological polar surface area (TPSA) is 46.0 Å². The quantitative estimate of drug-likeness (QED) is 0.152. The minimum atomic E-state index is 0.894. The molecule has 0 unspecified atom stereocenters. The number of aromatic nitrogens is 4.